The van der Waals surface area contributed by atoms with Gasteiger partial charge in [-0.2, -0.15) is 5.10 Å². The smallest absolute Gasteiger partial charge is 0.222 e. The Morgan fingerprint density at radius 3 is 2.92 bits per heavy atom. The molecule has 2 aromatic rings. The van der Waals surface area contributed by atoms with Gasteiger partial charge in [0.15, 0.2) is 5.82 Å². The Hall–Kier alpha value is -2.44. The van der Waals surface area contributed by atoms with Crippen LogP contribution in [0, 0.1) is 12.3 Å². The Kier molecular flexibility index (Phi) is 4.61. The van der Waals surface area contributed by atoms with Gasteiger partial charge in [-0.3, -0.25) is 4.79 Å². The van der Waals surface area contributed by atoms with E-state index in [0.717, 1.165) is 62.6 Å². The summed E-state index contributed by atoms with van der Waals surface area (Å²) in [5, 5.41) is 8.58. The van der Waals surface area contributed by atoms with Crippen LogP contribution in [0.1, 0.15) is 37.1 Å². The van der Waals surface area contributed by atoms with Crippen LogP contribution in [0.3, 0.4) is 0 Å². The Morgan fingerprint density at radius 2 is 2.15 bits per heavy atom. The van der Waals surface area contributed by atoms with Crippen LogP contribution in [0.4, 0.5) is 5.82 Å². The van der Waals surface area contributed by atoms with Crippen LogP contribution >= 0.6 is 0 Å². The number of imidazole rings is 1. The molecule has 138 valence electrons. The molecule has 0 aliphatic carbocycles. The number of piperidine rings is 2. The first-order valence-corrected chi connectivity index (χ1v) is 9.44. The molecule has 0 radical (unpaired) electrons. The number of aromatic nitrogens is 4. The number of aromatic amines is 1. The lowest BCUT2D eigenvalue weighted by Gasteiger charge is -2.48. The molecule has 7 nitrogen and oxygen atoms in total. The van der Waals surface area contributed by atoms with Crippen LogP contribution in [-0.4, -0.2) is 57.2 Å². The van der Waals surface area contributed by atoms with Gasteiger partial charge in [-0.15, -0.1) is 5.10 Å². The van der Waals surface area contributed by atoms with Crippen LogP contribution in [0.2, 0.25) is 0 Å². The third-order valence-corrected chi connectivity index (χ3v) is 5.72. The van der Waals surface area contributed by atoms with Crippen LogP contribution in [0.5, 0.6) is 0 Å². The normalized spacial score (nSPS) is 23.7. The zero-order valence-corrected chi connectivity index (χ0v) is 15.3. The molecule has 4 rings (SSSR count). The molecule has 0 saturated carbocycles. The fourth-order valence-electron chi connectivity index (χ4n) is 4.28. The predicted octanol–water partition coefficient (Wildman–Crippen LogP) is 1.96. The molecule has 2 saturated heterocycles. The van der Waals surface area contributed by atoms with Gasteiger partial charge in [-0.1, -0.05) is 0 Å². The number of H-pyrrole nitrogens is 1. The number of amides is 1. The van der Waals surface area contributed by atoms with E-state index < -0.39 is 0 Å². The number of aryl methyl sites for hydroxylation is 1. The summed E-state index contributed by atoms with van der Waals surface area (Å²) in [7, 11) is 0. The van der Waals surface area contributed by atoms with Crippen molar-refractivity contribution in [3.63, 3.8) is 0 Å². The zero-order valence-electron chi connectivity index (χ0n) is 15.3. The summed E-state index contributed by atoms with van der Waals surface area (Å²) in [4.78, 5) is 24.0. The van der Waals surface area contributed by atoms with Crippen molar-refractivity contribution in [1.29, 1.82) is 0 Å². The summed E-state index contributed by atoms with van der Waals surface area (Å²) in [6.45, 7) is 5.53. The number of carbonyl (C=O) groups is 1. The lowest BCUT2D eigenvalue weighted by atomic mass is 9.73. The van der Waals surface area contributed by atoms with Crippen molar-refractivity contribution < 1.29 is 4.79 Å². The molecular formula is C19H26N6O. The van der Waals surface area contributed by atoms with Gasteiger partial charge in [0.05, 0.1) is 12.0 Å². The first-order valence-electron chi connectivity index (χ1n) is 9.44. The summed E-state index contributed by atoms with van der Waals surface area (Å²) in [5.41, 5.74) is 2.19. The van der Waals surface area contributed by atoms with E-state index >= 15 is 0 Å². The van der Waals surface area contributed by atoms with Gasteiger partial charge >= 0.3 is 0 Å². The van der Waals surface area contributed by atoms with Gasteiger partial charge < -0.3 is 14.8 Å². The van der Waals surface area contributed by atoms with Crippen LogP contribution in [-0.2, 0) is 11.2 Å². The van der Waals surface area contributed by atoms with Crippen LogP contribution in [0.15, 0.2) is 24.7 Å². The third kappa shape index (κ3) is 3.57. The molecular weight excluding hydrogens is 328 g/mol. The molecule has 0 aromatic carbocycles. The topological polar surface area (TPSA) is 78.0 Å². The highest BCUT2D eigenvalue weighted by Crippen LogP contribution is 2.39. The van der Waals surface area contributed by atoms with E-state index in [1.54, 1.807) is 6.33 Å². The van der Waals surface area contributed by atoms with Crippen molar-refractivity contribution in [2.45, 2.75) is 39.0 Å². The number of rotatable bonds is 4. The Morgan fingerprint density at radius 1 is 1.23 bits per heavy atom. The highest BCUT2D eigenvalue weighted by Gasteiger charge is 2.41. The van der Waals surface area contributed by atoms with Gasteiger partial charge in [0.2, 0.25) is 5.91 Å². The maximum Gasteiger partial charge on any atom is 0.222 e. The number of hydrogen-bond donors (Lipinski definition) is 1. The standard InChI is InChI=1S/C19H26N6O/c1-15-3-4-17(23-22-15)24-9-2-7-19(12-24)8-5-18(26)25(13-19)10-6-16-11-20-14-21-16/h3-4,11,14H,2,5-10,12-13H2,1H3,(H,20,21)/t19-/m1/s1. The predicted molar refractivity (Wildman–Crippen MR) is 98.8 cm³/mol. The summed E-state index contributed by atoms with van der Waals surface area (Å²) in [6.07, 6.45) is 8.29. The molecule has 1 amide bonds. The fraction of sp³-hybridized carbons (Fsp3) is 0.579. The lowest BCUT2D eigenvalue weighted by molar-refractivity contribution is -0.137. The van der Waals surface area contributed by atoms with E-state index in [1.165, 1.54) is 6.42 Å². The van der Waals surface area contributed by atoms with Crippen LogP contribution < -0.4 is 4.90 Å². The third-order valence-electron chi connectivity index (χ3n) is 5.72. The minimum atomic E-state index is 0.173. The van der Waals surface area contributed by atoms with Crippen LogP contribution in [0.25, 0.3) is 0 Å². The van der Waals surface area contributed by atoms with Crippen molar-refractivity contribution >= 4 is 11.7 Å². The first-order chi connectivity index (χ1) is 12.6. The van der Waals surface area contributed by atoms with E-state index in [2.05, 4.69) is 36.0 Å². The second kappa shape index (κ2) is 7.05. The number of carbonyl (C=O) groups excluding carboxylic acids is 1. The largest absolute Gasteiger partial charge is 0.355 e. The maximum atomic E-state index is 12.4. The van der Waals surface area contributed by atoms with Crippen molar-refractivity contribution in [2.24, 2.45) is 5.41 Å². The van der Waals surface area contributed by atoms with Gasteiger partial charge in [0.1, 0.15) is 0 Å². The van der Waals surface area contributed by atoms with E-state index in [-0.39, 0.29) is 11.3 Å². The van der Waals surface area contributed by atoms with Crippen molar-refractivity contribution in [3.05, 3.63) is 36.0 Å². The van der Waals surface area contributed by atoms with Crippen molar-refractivity contribution in [3.8, 4) is 0 Å². The monoisotopic (exact) mass is 354 g/mol. The molecule has 0 unspecified atom stereocenters. The molecule has 1 atom stereocenters. The molecule has 1 N–H and O–H groups in total. The molecule has 2 fully saturated rings. The average Bonchev–Trinajstić information content (AvgIpc) is 3.17. The number of likely N-dealkylation sites (tertiary alicyclic amines) is 1. The molecule has 1 spiro atoms. The van der Waals surface area contributed by atoms with E-state index in [1.807, 2.05) is 19.2 Å². The summed E-state index contributed by atoms with van der Waals surface area (Å²) in [5.74, 6) is 1.23. The number of hydrogen-bond acceptors (Lipinski definition) is 5. The second-order valence-corrected chi connectivity index (χ2v) is 7.70. The molecule has 2 aliphatic rings. The second-order valence-electron chi connectivity index (χ2n) is 7.70. The number of nitrogens with zero attached hydrogens (tertiary/aromatic N) is 5. The number of anilines is 1. The Balaban J connectivity index is 1.44. The minimum Gasteiger partial charge on any atom is -0.355 e. The van der Waals surface area contributed by atoms with Crippen molar-refractivity contribution in [1.82, 2.24) is 25.1 Å². The maximum absolute atomic E-state index is 12.4. The van der Waals surface area contributed by atoms with Gasteiger partial charge in [-0.25, -0.2) is 4.98 Å². The van der Waals surface area contributed by atoms with E-state index in [0.29, 0.717) is 6.42 Å². The van der Waals surface area contributed by atoms with E-state index in [4.69, 9.17) is 0 Å². The first kappa shape index (κ1) is 17.0. The fourth-order valence-corrected chi connectivity index (χ4v) is 4.28. The quantitative estimate of drug-likeness (QED) is 0.908. The van der Waals surface area contributed by atoms with Crippen molar-refractivity contribution in [2.75, 3.05) is 31.1 Å². The van der Waals surface area contributed by atoms with E-state index in [9.17, 15) is 4.79 Å². The summed E-state index contributed by atoms with van der Waals surface area (Å²) in [6, 6.07) is 4.08. The molecule has 2 aliphatic heterocycles. The molecule has 0 bridgehead atoms. The molecule has 26 heavy (non-hydrogen) atoms. The highest BCUT2D eigenvalue weighted by atomic mass is 16.2. The molecule has 7 heteroatoms. The highest BCUT2D eigenvalue weighted by molar-refractivity contribution is 5.77. The minimum absolute atomic E-state index is 0.173. The molecule has 4 heterocycles. The van der Waals surface area contributed by atoms with Gasteiger partial charge in [0, 0.05) is 56.3 Å². The SMILES string of the molecule is Cc1ccc(N2CCC[C@@]3(CCC(=O)N(CCc4cnc[nH]4)C3)C2)nn1. The summed E-state index contributed by atoms with van der Waals surface area (Å²) < 4.78 is 0. The van der Waals surface area contributed by atoms with Gasteiger partial charge in [0.25, 0.3) is 0 Å². The zero-order chi connectivity index (χ0) is 18.0. The van der Waals surface area contributed by atoms with Gasteiger partial charge in [-0.05, 0) is 38.3 Å². The number of nitrogens with one attached hydrogen (secondary N) is 1. The Labute approximate surface area is 153 Å². The summed E-state index contributed by atoms with van der Waals surface area (Å²) >= 11 is 0. The molecule has 2 aromatic heterocycles. The lowest BCUT2D eigenvalue weighted by Crippen LogP contribution is -2.54. The average molecular weight is 354 g/mol. The Bertz CT molecular complexity index is 744.